The highest BCUT2D eigenvalue weighted by atomic mass is 16.5. The van der Waals surface area contributed by atoms with Crippen molar-refractivity contribution in [2.75, 3.05) is 13.1 Å². The van der Waals surface area contributed by atoms with E-state index in [1.165, 1.54) is 38.5 Å². The van der Waals surface area contributed by atoms with Gasteiger partial charge in [-0.1, -0.05) is 44.7 Å². The molecular formula is C14H25N3O. The van der Waals surface area contributed by atoms with E-state index in [1.807, 2.05) is 0 Å². The van der Waals surface area contributed by atoms with E-state index >= 15 is 0 Å². The summed E-state index contributed by atoms with van der Waals surface area (Å²) in [6, 6.07) is 0. The normalized spacial score (nSPS) is 19.7. The first kappa shape index (κ1) is 13.5. The van der Waals surface area contributed by atoms with Crippen LogP contribution < -0.4 is 5.32 Å². The molecule has 2 rings (SSSR count). The predicted octanol–water partition coefficient (Wildman–Crippen LogP) is 3.22. The molecule has 0 aliphatic heterocycles. The summed E-state index contributed by atoms with van der Waals surface area (Å²) in [5.41, 5.74) is 0. The first-order chi connectivity index (χ1) is 8.81. The van der Waals surface area contributed by atoms with Crippen LogP contribution in [0, 0.1) is 0 Å². The first-order valence-corrected chi connectivity index (χ1v) is 7.35. The maximum Gasteiger partial charge on any atom is 0.230 e. The predicted molar refractivity (Wildman–Crippen MR) is 71.7 cm³/mol. The van der Waals surface area contributed by atoms with Gasteiger partial charge in [0.2, 0.25) is 5.89 Å². The highest BCUT2D eigenvalue weighted by Crippen LogP contribution is 2.30. The minimum absolute atomic E-state index is 0.303. The van der Waals surface area contributed by atoms with Crippen molar-refractivity contribution < 1.29 is 4.52 Å². The van der Waals surface area contributed by atoms with E-state index in [0.29, 0.717) is 11.8 Å². The van der Waals surface area contributed by atoms with Crippen molar-refractivity contribution in [1.29, 1.82) is 0 Å². The molecule has 1 atom stereocenters. The number of hydrogen-bond acceptors (Lipinski definition) is 4. The quantitative estimate of drug-likeness (QED) is 0.816. The van der Waals surface area contributed by atoms with Gasteiger partial charge in [-0.2, -0.15) is 4.98 Å². The number of rotatable bonds is 5. The van der Waals surface area contributed by atoms with Crippen LogP contribution in [0.1, 0.15) is 75.9 Å². The van der Waals surface area contributed by atoms with Crippen molar-refractivity contribution >= 4 is 0 Å². The molecule has 18 heavy (non-hydrogen) atoms. The van der Waals surface area contributed by atoms with Crippen LogP contribution in [0.15, 0.2) is 4.52 Å². The zero-order valence-corrected chi connectivity index (χ0v) is 11.6. The molecule has 1 aliphatic carbocycles. The Bertz CT molecular complexity index is 343. The van der Waals surface area contributed by atoms with Gasteiger partial charge in [0.05, 0.1) is 0 Å². The Morgan fingerprint density at radius 3 is 2.67 bits per heavy atom. The topological polar surface area (TPSA) is 51.0 Å². The van der Waals surface area contributed by atoms with E-state index in [9.17, 15) is 0 Å². The van der Waals surface area contributed by atoms with E-state index in [2.05, 4.69) is 29.3 Å². The Morgan fingerprint density at radius 1 is 1.28 bits per heavy atom. The number of nitrogens with one attached hydrogen (secondary N) is 1. The van der Waals surface area contributed by atoms with E-state index in [-0.39, 0.29) is 0 Å². The lowest BCUT2D eigenvalue weighted by Gasteiger charge is -2.08. The summed E-state index contributed by atoms with van der Waals surface area (Å²) in [6.07, 6.45) is 7.78. The van der Waals surface area contributed by atoms with Crippen LogP contribution in [-0.4, -0.2) is 23.2 Å². The summed E-state index contributed by atoms with van der Waals surface area (Å²) >= 11 is 0. The lowest BCUT2D eigenvalue weighted by atomic mass is 10.00. The summed E-state index contributed by atoms with van der Waals surface area (Å²) in [6.45, 7) is 6.13. The van der Waals surface area contributed by atoms with Crippen LogP contribution >= 0.6 is 0 Å². The molecule has 102 valence electrons. The molecule has 1 N–H and O–H groups in total. The summed E-state index contributed by atoms with van der Waals surface area (Å²) in [7, 11) is 0. The van der Waals surface area contributed by atoms with E-state index in [1.54, 1.807) is 0 Å². The number of likely N-dealkylation sites (N-methyl/N-ethyl adjacent to an activating group) is 1. The van der Waals surface area contributed by atoms with Gasteiger partial charge in [0.1, 0.15) is 0 Å². The van der Waals surface area contributed by atoms with Gasteiger partial charge in [-0.15, -0.1) is 0 Å². The smallest absolute Gasteiger partial charge is 0.230 e. The molecule has 1 saturated carbocycles. The molecule has 4 heteroatoms. The van der Waals surface area contributed by atoms with Gasteiger partial charge in [0.25, 0.3) is 0 Å². The third-order valence-electron chi connectivity index (χ3n) is 3.80. The second-order valence-corrected chi connectivity index (χ2v) is 5.39. The third-order valence-corrected chi connectivity index (χ3v) is 3.80. The highest BCUT2D eigenvalue weighted by Gasteiger charge is 2.21. The molecule has 1 aliphatic rings. The molecule has 0 bridgehead atoms. The Hall–Kier alpha value is -0.900. The summed E-state index contributed by atoms with van der Waals surface area (Å²) < 4.78 is 5.42. The van der Waals surface area contributed by atoms with Gasteiger partial charge in [-0.3, -0.25) is 0 Å². The maximum atomic E-state index is 5.42. The molecule has 0 spiro atoms. The van der Waals surface area contributed by atoms with E-state index in [0.717, 1.165) is 24.8 Å². The molecule has 1 aromatic heterocycles. The fourth-order valence-electron chi connectivity index (χ4n) is 2.60. The van der Waals surface area contributed by atoms with Crippen molar-refractivity contribution in [1.82, 2.24) is 15.5 Å². The minimum Gasteiger partial charge on any atom is -0.339 e. The van der Waals surface area contributed by atoms with Crippen LogP contribution in [0.5, 0.6) is 0 Å². The Labute approximate surface area is 110 Å². The largest absolute Gasteiger partial charge is 0.339 e. The molecule has 0 saturated heterocycles. The fraction of sp³-hybridized carbons (Fsp3) is 0.857. The first-order valence-electron chi connectivity index (χ1n) is 7.35. The van der Waals surface area contributed by atoms with Crippen LogP contribution in [0.2, 0.25) is 0 Å². The van der Waals surface area contributed by atoms with Gasteiger partial charge in [0, 0.05) is 18.4 Å². The number of hydrogen-bond donors (Lipinski definition) is 1. The third kappa shape index (κ3) is 3.55. The molecular weight excluding hydrogens is 226 g/mol. The van der Waals surface area contributed by atoms with Gasteiger partial charge >= 0.3 is 0 Å². The van der Waals surface area contributed by atoms with Crippen LogP contribution in [0.4, 0.5) is 0 Å². The maximum absolute atomic E-state index is 5.42. The average Bonchev–Trinajstić information content (AvgIpc) is 2.72. The summed E-state index contributed by atoms with van der Waals surface area (Å²) in [5.74, 6) is 2.55. The molecule has 4 nitrogen and oxygen atoms in total. The fourth-order valence-corrected chi connectivity index (χ4v) is 2.60. The Morgan fingerprint density at radius 2 is 2.00 bits per heavy atom. The Kier molecular flexibility index (Phi) is 5.17. The summed E-state index contributed by atoms with van der Waals surface area (Å²) in [4.78, 5) is 4.61. The van der Waals surface area contributed by atoms with Gasteiger partial charge < -0.3 is 9.84 Å². The average molecular weight is 251 g/mol. The van der Waals surface area contributed by atoms with Crippen LogP contribution in [0.3, 0.4) is 0 Å². The molecule has 1 heterocycles. The zero-order chi connectivity index (χ0) is 12.8. The Balaban J connectivity index is 1.95. The highest BCUT2D eigenvalue weighted by molar-refractivity contribution is 4.99. The van der Waals surface area contributed by atoms with Crippen LogP contribution in [0.25, 0.3) is 0 Å². The monoisotopic (exact) mass is 251 g/mol. The molecule has 1 unspecified atom stereocenters. The van der Waals surface area contributed by atoms with E-state index < -0.39 is 0 Å². The van der Waals surface area contributed by atoms with Gasteiger partial charge in [-0.25, -0.2) is 0 Å². The van der Waals surface area contributed by atoms with Crippen molar-refractivity contribution in [2.24, 2.45) is 0 Å². The van der Waals surface area contributed by atoms with Gasteiger partial charge in [-0.05, 0) is 19.4 Å². The van der Waals surface area contributed by atoms with Crippen molar-refractivity contribution in [3.8, 4) is 0 Å². The standard InChI is InChI=1S/C14H25N3O/c1-3-15-10-11(2)14-16-13(17-18-14)12-8-6-4-5-7-9-12/h11-12,15H,3-10H2,1-2H3. The molecule has 1 fully saturated rings. The molecule has 0 aromatic carbocycles. The zero-order valence-electron chi connectivity index (χ0n) is 11.6. The summed E-state index contributed by atoms with van der Waals surface area (Å²) in [5, 5.41) is 7.51. The van der Waals surface area contributed by atoms with Crippen molar-refractivity contribution in [3.05, 3.63) is 11.7 Å². The minimum atomic E-state index is 0.303. The van der Waals surface area contributed by atoms with Crippen LogP contribution in [-0.2, 0) is 0 Å². The lowest BCUT2D eigenvalue weighted by Crippen LogP contribution is -2.19. The molecule has 0 radical (unpaired) electrons. The van der Waals surface area contributed by atoms with E-state index in [4.69, 9.17) is 4.52 Å². The number of aromatic nitrogens is 2. The second kappa shape index (κ2) is 6.88. The molecule has 1 aromatic rings. The van der Waals surface area contributed by atoms with Crippen molar-refractivity contribution in [2.45, 2.75) is 64.2 Å². The second-order valence-electron chi connectivity index (χ2n) is 5.39. The molecule has 0 amide bonds. The number of nitrogens with zero attached hydrogens (tertiary/aromatic N) is 2. The lowest BCUT2D eigenvalue weighted by molar-refractivity contribution is 0.347. The SMILES string of the molecule is CCNCC(C)c1nc(C2CCCCCC2)no1. The van der Waals surface area contributed by atoms with Crippen molar-refractivity contribution in [3.63, 3.8) is 0 Å². The van der Waals surface area contributed by atoms with Gasteiger partial charge in [0.15, 0.2) is 5.82 Å².